The third-order valence-corrected chi connectivity index (χ3v) is 2.76. The second-order valence-electron chi connectivity index (χ2n) is 4.32. The van der Waals surface area contributed by atoms with Crippen molar-refractivity contribution in [2.75, 3.05) is 13.2 Å². The quantitative estimate of drug-likeness (QED) is 0.507. The number of benzene rings is 1. The second kappa shape index (κ2) is 8.02. The fourth-order valence-corrected chi connectivity index (χ4v) is 1.63. The maximum Gasteiger partial charge on any atom is 0.159 e. The molecule has 0 aliphatic carbocycles. The van der Waals surface area contributed by atoms with Gasteiger partial charge in [0.1, 0.15) is 0 Å². The van der Waals surface area contributed by atoms with Gasteiger partial charge in [0, 0.05) is 18.8 Å². The highest BCUT2D eigenvalue weighted by molar-refractivity contribution is 5.93. The minimum absolute atomic E-state index is 0.124. The molecule has 0 radical (unpaired) electrons. The van der Waals surface area contributed by atoms with Crippen LogP contribution < -0.4 is 0 Å². The first-order valence-corrected chi connectivity index (χ1v) is 6.41. The van der Waals surface area contributed by atoms with Crippen molar-refractivity contribution in [1.82, 2.24) is 0 Å². The molecule has 2 heteroatoms. The Bertz CT molecular complexity index is 327. The van der Waals surface area contributed by atoms with Gasteiger partial charge in [0.15, 0.2) is 5.78 Å². The topological polar surface area (TPSA) is 26.3 Å². The van der Waals surface area contributed by atoms with Crippen molar-refractivity contribution >= 4 is 5.78 Å². The van der Waals surface area contributed by atoms with Crippen LogP contribution in [0.5, 0.6) is 0 Å². The summed E-state index contributed by atoms with van der Waals surface area (Å²) in [7, 11) is 0. The van der Waals surface area contributed by atoms with Crippen LogP contribution in [-0.2, 0) is 11.2 Å². The van der Waals surface area contributed by atoms with Gasteiger partial charge in [-0.25, -0.2) is 0 Å². The van der Waals surface area contributed by atoms with Gasteiger partial charge in [-0.15, -0.1) is 0 Å². The molecule has 17 heavy (non-hydrogen) atoms. The summed E-state index contributed by atoms with van der Waals surface area (Å²) >= 11 is 0. The molecule has 0 fully saturated rings. The first-order valence-electron chi connectivity index (χ1n) is 6.41. The molecule has 94 valence electrons. The number of rotatable bonds is 8. The second-order valence-corrected chi connectivity index (χ2v) is 4.32. The summed E-state index contributed by atoms with van der Waals surface area (Å²) in [5.41, 5.74) is 2.06. The predicted octanol–water partition coefficient (Wildman–Crippen LogP) is 3.64. The molecule has 1 aromatic carbocycles. The molecule has 0 bridgehead atoms. The van der Waals surface area contributed by atoms with Crippen molar-refractivity contribution < 1.29 is 9.53 Å². The van der Waals surface area contributed by atoms with Gasteiger partial charge >= 0.3 is 0 Å². The van der Waals surface area contributed by atoms with Gasteiger partial charge in [0.25, 0.3) is 0 Å². The first-order chi connectivity index (χ1) is 8.24. The van der Waals surface area contributed by atoms with Crippen LogP contribution in [0.4, 0.5) is 0 Å². The Morgan fingerprint density at radius 1 is 1.12 bits per heavy atom. The van der Waals surface area contributed by atoms with Gasteiger partial charge in [-0.3, -0.25) is 4.79 Å². The molecule has 1 rings (SSSR count). The van der Waals surface area contributed by atoms with E-state index in [4.69, 9.17) is 4.74 Å². The normalized spacial score (nSPS) is 10.5. The summed E-state index contributed by atoms with van der Waals surface area (Å²) in [6.07, 6.45) is 4.40. The average molecular weight is 234 g/mol. The van der Waals surface area contributed by atoms with Gasteiger partial charge in [0.2, 0.25) is 0 Å². The summed E-state index contributed by atoms with van der Waals surface area (Å²) in [6, 6.07) is 7.86. The van der Waals surface area contributed by atoms with Crippen molar-refractivity contribution in [3.63, 3.8) is 0 Å². The first kappa shape index (κ1) is 13.9. The minimum atomic E-state index is 0.124. The van der Waals surface area contributed by atoms with E-state index in [0.717, 1.165) is 38.0 Å². The molecule has 0 heterocycles. The minimum Gasteiger partial charge on any atom is -0.381 e. The Hall–Kier alpha value is -1.15. The summed E-state index contributed by atoms with van der Waals surface area (Å²) < 4.78 is 5.50. The van der Waals surface area contributed by atoms with Crippen LogP contribution in [0.1, 0.15) is 49.0 Å². The number of carbonyl (C=O) groups excluding carboxylic acids is 1. The van der Waals surface area contributed by atoms with E-state index in [1.54, 1.807) is 6.92 Å². The lowest BCUT2D eigenvalue weighted by Gasteiger charge is -2.04. The van der Waals surface area contributed by atoms with E-state index in [1.165, 1.54) is 12.0 Å². The highest BCUT2D eigenvalue weighted by Gasteiger charge is 1.99. The Kier molecular flexibility index (Phi) is 6.56. The zero-order chi connectivity index (χ0) is 12.5. The van der Waals surface area contributed by atoms with Gasteiger partial charge in [0.05, 0.1) is 0 Å². The van der Waals surface area contributed by atoms with E-state index >= 15 is 0 Å². The SMILES string of the molecule is CCCCOCCCc1ccc(C(C)=O)cc1. The molecule has 0 spiro atoms. The van der Waals surface area contributed by atoms with E-state index in [-0.39, 0.29) is 5.78 Å². The fourth-order valence-electron chi connectivity index (χ4n) is 1.63. The Morgan fingerprint density at radius 2 is 1.76 bits per heavy atom. The van der Waals surface area contributed by atoms with E-state index in [1.807, 2.05) is 24.3 Å². The van der Waals surface area contributed by atoms with Crippen LogP contribution in [-0.4, -0.2) is 19.0 Å². The molecule has 0 saturated carbocycles. The monoisotopic (exact) mass is 234 g/mol. The summed E-state index contributed by atoms with van der Waals surface area (Å²) in [6.45, 7) is 5.46. The molecule has 0 aliphatic heterocycles. The standard InChI is InChI=1S/C15H22O2/c1-3-4-11-17-12-5-6-14-7-9-15(10-8-14)13(2)16/h7-10H,3-6,11-12H2,1-2H3. The highest BCUT2D eigenvalue weighted by atomic mass is 16.5. The van der Waals surface area contributed by atoms with E-state index in [2.05, 4.69) is 6.92 Å². The number of ketones is 1. The highest BCUT2D eigenvalue weighted by Crippen LogP contribution is 2.07. The Labute approximate surface area is 104 Å². The van der Waals surface area contributed by atoms with Crippen molar-refractivity contribution in [2.45, 2.75) is 39.5 Å². The lowest BCUT2D eigenvalue weighted by Crippen LogP contribution is -1.99. The smallest absolute Gasteiger partial charge is 0.159 e. The lowest BCUT2D eigenvalue weighted by molar-refractivity contribution is 0.101. The lowest BCUT2D eigenvalue weighted by atomic mass is 10.1. The van der Waals surface area contributed by atoms with Gasteiger partial charge < -0.3 is 4.74 Å². The molecule has 0 atom stereocenters. The summed E-state index contributed by atoms with van der Waals surface area (Å²) in [5.74, 6) is 0.124. The Balaban J connectivity index is 2.21. The molecular weight excluding hydrogens is 212 g/mol. The van der Waals surface area contributed by atoms with Crippen LogP contribution in [0.2, 0.25) is 0 Å². The maximum absolute atomic E-state index is 11.1. The molecule has 0 amide bonds. The zero-order valence-corrected chi connectivity index (χ0v) is 10.9. The molecule has 0 aromatic heterocycles. The number of hydrogen-bond acceptors (Lipinski definition) is 2. The molecule has 0 aliphatic rings. The van der Waals surface area contributed by atoms with Crippen LogP contribution in [0.15, 0.2) is 24.3 Å². The molecule has 0 saturated heterocycles. The van der Waals surface area contributed by atoms with Gasteiger partial charge in [-0.2, -0.15) is 0 Å². The van der Waals surface area contributed by atoms with Gasteiger partial charge in [-0.1, -0.05) is 37.6 Å². The fraction of sp³-hybridized carbons (Fsp3) is 0.533. The molecule has 2 nitrogen and oxygen atoms in total. The number of Topliss-reactive ketones (excluding diaryl/α,β-unsaturated/α-hetero) is 1. The molecular formula is C15H22O2. The van der Waals surface area contributed by atoms with Crippen molar-refractivity contribution in [2.24, 2.45) is 0 Å². The summed E-state index contributed by atoms with van der Waals surface area (Å²) in [4.78, 5) is 11.1. The third-order valence-electron chi connectivity index (χ3n) is 2.76. The van der Waals surface area contributed by atoms with Crippen LogP contribution in [0, 0.1) is 0 Å². The largest absolute Gasteiger partial charge is 0.381 e. The van der Waals surface area contributed by atoms with E-state index < -0.39 is 0 Å². The summed E-state index contributed by atoms with van der Waals surface area (Å²) in [5, 5.41) is 0. The molecule has 0 unspecified atom stereocenters. The van der Waals surface area contributed by atoms with E-state index in [0.29, 0.717) is 0 Å². The molecule has 0 N–H and O–H groups in total. The van der Waals surface area contributed by atoms with Crippen molar-refractivity contribution in [3.05, 3.63) is 35.4 Å². The predicted molar refractivity (Wildman–Crippen MR) is 70.5 cm³/mol. The number of aryl methyl sites for hydroxylation is 1. The number of carbonyl (C=O) groups is 1. The Morgan fingerprint density at radius 3 is 2.35 bits per heavy atom. The number of ether oxygens (including phenoxy) is 1. The van der Waals surface area contributed by atoms with Crippen LogP contribution >= 0.6 is 0 Å². The zero-order valence-electron chi connectivity index (χ0n) is 10.9. The van der Waals surface area contributed by atoms with Crippen molar-refractivity contribution in [1.29, 1.82) is 0 Å². The third kappa shape index (κ3) is 5.64. The van der Waals surface area contributed by atoms with E-state index in [9.17, 15) is 4.79 Å². The average Bonchev–Trinajstić information content (AvgIpc) is 2.34. The number of hydrogen-bond donors (Lipinski definition) is 0. The number of unbranched alkanes of at least 4 members (excludes halogenated alkanes) is 1. The van der Waals surface area contributed by atoms with Crippen molar-refractivity contribution in [3.8, 4) is 0 Å². The van der Waals surface area contributed by atoms with Crippen LogP contribution in [0.3, 0.4) is 0 Å². The van der Waals surface area contributed by atoms with Gasteiger partial charge in [-0.05, 0) is 31.7 Å². The maximum atomic E-state index is 11.1. The molecule has 1 aromatic rings. The van der Waals surface area contributed by atoms with Crippen LogP contribution in [0.25, 0.3) is 0 Å².